The molecule has 2 N–H and O–H groups in total. The number of halogens is 1. The molecule has 1 unspecified atom stereocenters. The van der Waals surface area contributed by atoms with Crippen molar-refractivity contribution in [1.82, 2.24) is 15.8 Å². The lowest BCUT2D eigenvalue weighted by molar-refractivity contribution is 0.376. The number of hydrogen-bond donors (Lipinski definition) is 2. The van der Waals surface area contributed by atoms with E-state index in [2.05, 4.69) is 53.7 Å². The molecule has 156 valence electrons. The zero-order valence-corrected chi connectivity index (χ0v) is 19.4. The van der Waals surface area contributed by atoms with Gasteiger partial charge in [0.25, 0.3) is 0 Å². The third kappa shape index (κ3) is 7.23. The van der Waals surface area contributed by atoms with Crippen LogP contribution < -0.4 is 10.6 Å². The molecule has 2 aromatic heterocycles. The minimum Gasteiger partial charge on any atom is -0.469 e. The topological polar surface area (TPSA) is 75.6 Å². The van der Waals surface area contributed by atoms with Gasteiger partial charge in [-0.05, 0) is 30.5 Å². The number of nitrogens with one attached hydrogen (secondary N) is 2. The van der Waals surface area contributed by atoms with Crippen LogP contribution in [0.2, 0.25) is 0 Å². The Kier molecular flexibility index (Phi) is 9.24. The standard InChI is InChI=1S/C22H28N4O2.HI/c1-16(2)21-14-20(28-26-21)15-24-22(23-12-11-19-10-7-13-27-19)25-17(3)18-8-5-4-6-9-18;/h4-10,13-14,16-17H,11-12,15H2,1-3H3,(H2,23,24,25);1H. The molecular weight excluding hydrogens is 479 g/mol. The fourth-order valence-electron chi connectivity index (χ4n) is 2.77. The van der Waals surface area contributed by atoms with Gasteiger partial charge in [-0.15, -0.1) is 24.0 Å². The lowest BCUT2D eigenvalue weighted by Crippen LogP contribution is -2.39. The van der Waals surface area contributed by atoms with Crippen LogP contribution in [-0.4, -0.2) is 17.7 Å². The second-order valence-electron chi connectivity index (χ2n) is 7.07. The van der Waals surface area contributed by atoms with Crippen molar-refractivity contribution in [3.63, 3.8) is 0 Å². The molecule has 29 heavy (non-hydrogen) atoms. The van der Waals surface area contributed by atoms with Crippen LogP contribution in [0, 0.1) is 0 Å². The van der Waals surface area contributed by atoms with Gasteiger partial charge in [-0.2, -0.15) is 0 Å². The Hall–Kier alpha value is -2.29. The minimum atomic E-state index is 0. The van der Waals surface area contributed by atoms with Crippen LogP contribution in [0.5, 0.6) is 0 Å². The van der Waals surface area contributed by atoms with Crippen molar-refractivity contribution in [2.75, 3.05) is 6.54 Å². The Morgan fingerprint density at radius 2 is 1.86 bits per heavy atom. The van der Waals surface area contributed by atoms with E-state index >= 15 is 0 Å². The highest BCUT2D eigenvalue weighted by atomic mass is 127. The van der Waals surface area contributed by atoms with E-state index in [1.54, 1.807) is 6.26 Å². The Morgan fingerprint density at radius 3 is 2.52 bits per heavy atom. The van der Waals surface area contributed by atoms with Gasteiger partial charge in [-0.1, -0.05) is 49.3 Å². The summed E-state index contributed by atoms with van der Waals surface area (Å²) in [6, 6.07) is 16.3. The molecule has 3 aromatic rings. The Labute approximate surface area is 189 Å². The number of aliphatic imine (C=N–C) groups is 1. The summed E-state index contributed by atoms with van der Waals surface area (Å²) < 4.78 is 10.8. The number of nitrogens with zero attached hydrogens (tertiary/aromatic N) is 2. The van der Waals surface area contributed by atoms with Gasteiger partial charge in [-0.3, -0.25) is 0 Å². The SMILES string of the molecule is CC(C)c1cc(CN=C(NCCc2ccco2)NC(C)c2ccccc2)on1.I. The van der Waals surface area contributed by atoms with Crippen LogP contribution in [0.3, 0.4) is 0 Å². The normalized spacial score (nSPS) is 12.5. The molecule has 6 nitrogen and oxygen atoms in total. The predicted molar refractivity (Wildman–Crippen MR) is 126 cm³/mol. The number of rotatable bonds is 8. The van der Waals surface area contributed by atoms with Gasteiger partial charge in [0, 0.05) is 19.0 Å². The molecule has 0 saturated heterocycles. The highest BCUT2D eigenvalue weighted by molar-refractivity contribution is 14.0. The molecule has 0 radical (unpaired) electrons. The van der Waals surface area contributed by atoms with Gasteiger partial charge in [0.15, 0.2) is 11.7 Å². The van der Waals surface area contributed by atoms with E-state index in [9.17, 15) is 0 Å². The molecule has 0 aliphatic carbocycles. The first-order valence-corrected chi connectivity index (χ1v) is 9.69. The third-order valence-electron chi connectivity index (χ3n) is 4.46. The Bertz CT molecular complexity index is 860. The van der Waals surface area contributed by atoms with E-state index in [4.69, 9.17) is 8.94 Å². The zero-order chi connectivity index (χ0) is 19.8. The first-order valence-electron chi connectivity index (χ1n) is 9.69. The number of guanidine groups is 1. The van der Waals surface area contributed by atoms with Crippen molar-refractivity contribution in [3.8, 4) is 0 Å². The maximum Gasteiger partial charge on any atom is 0.192 e. The van der Waals surface area contributed by atoms with Gasteiger partial charge in [0.05, 0.1) is 18.0 Å². The molecule has 0 fully saturated rings. The summed E-state index contributed by atoms with van der Waals surface area (Å²) in [4.78, 5) is 4.68. The number of benzene rings is 1. The molecule has 0 amide bonds. The molecule has 0 spiro atoms. The van der Waals surface area contributed by atoms with Crippen molar-refractivity contribution in [3.05, 3.63) is 77.6 Å². The van der Waals surface area contributed by atoms with E-state index in [0.29, 0.717) is 19.0 Å². The van der Waals surface area contributed by atoms with Gasteiger partial charge < -0.3 is 19.6 Å². The van der Waals surface area contributed by atoms with E-state index in [1.807, 2.05) is 36.4 Å². The Balaban J connectivity index is 0.00000300. The molecule has 0 bridgehead atoms. The van der Waals surface area contributed by atoms with Gasteiger partial charge in [0.2, 0.25) is 0 Å². The first kappa shape index (κ1) is 23.0. The van der Waals surface area contributed by atoms with Crippen LogP contribution in [0.25, 0.3) is 0 Å². The molecule has 0 aliphatic rings. The second kappa shape index (κ2) is 11.6. The quantitative estimate of drug-likeness (QED) is 0.253. The molecule has 3 rings (SSSR count). The molecule has 1 aromatic carbocycles. The lowest BCUT2D eigenvalue weighted by atomic mass is 10.1. The minimum absolute atomic E-state index is 0. The van der Waals surface area contributed by atoms with E-state index in [1.165, 1.54) is 5.56 Å². The van der Waals surface area contributed by atoms with Crippen molar-refractivity contribution in [2.45, 2.75) is 45.7 Å². The fourth-order valence-corrected chi connectivity index (χ4v) is 2.77. The summed E-state index contributed by atoms with van der Waals surface area (Å²) in [5.74, 6) is 2.76. The Morgan fingerprint density at radius 1 is 1.07 bits per heavy atom. The summed E-state index contributed by atoms with van der Waals surface area (Å²) in [6.07, 6.45) is 2.48. The molecule has 0 aliphatic heterocycles. The molecule has 7 heteroatoms. The van der Waals surface area contributed by atoms with Crippen LogP contribution in [0.1, 0.15) is 55.5 Å². The first-order chi connectivity index (χ1) is 13.6. The maximum atomic E-state index is 5.40. The number of aromatic nitrogens is 1. The highest BCUT2D eigenvalue weighted by Crippen LogP contribution is 2.15. The molecule has 2 heterocycles. The summed E-state index contributed by atoms with van der Waals surface area (Å²) in [5.41, 5.74) is 2.15. The average molecular weight is 508 g/mol. The molecule has 1 atom stereocenters. The fraction of sp³-hybridized carbons (Fsp3) is 0.364. The smallest absolute Gasteiger partial charge is 0.192 e. The maximum absolute atomic E-state index is 5.40. The summed E-state index contributed by atoms with van der Waals surface area (Å²) in [6.45, 7) is 7.45. The monoisotopic (exact) mass is 508 g/mol. The largest absolute Gasteiger partial charge is 0.469 e. The predicted octanol–water partition coefficient (Wildman–Crippen LogP) is 5.05. The van der Waals surface area contributed by atoms with E-state index in [-0.39, 0.29) is 30.0 Å². The third-order valence-corrected chi connectivity index (χ3v) is 4.46. The summed E-state index contributed by atoms with van der Waals surface area (Å²) >= 11 is 0. The van der Waals surface area contributed by atoms with Crippen LogP contribution in [0.15, 0.2) is 68.7 Å². The number of furan rings is 1. The van der Waals surface area contributed by atoms with Gasteiger partial charge in [0.1, 0.15) is 12.3 Å². The average Bonchev–Trinajstić information content (AvgIpc) is 3.38. The van der Waals surface area contributed by atoms with Crippen LogP contribution in [0.4, 0.5) is 0 Å². The van der Waals surface area contributed by atoms with Crippen LogP contribution >= 0.6 is 24.0 Å². The van der Waals surface area contributed by atoms with Gasteiger partial charge in [-0.25, -0.2) is 4.99 Å². The highest BCUT2D eigenvalue weighted by Gasteiger charge is 2.10. The van der Waals surface area contributed by atoms with Crippen molar-refractivity contribution >= 4 is 29.9 Å². The van der Waals surface area contributed by atoms with Crippen LogP contribution in [-0.2, 0) is 13.0 Å². The lowest BCUT2D eigenvalue weighted by Gasteiger charge is -2.18. The zero-order valence-electron chi connectivity index (χ0n) is 17.1. The van der Waals surface area contributed by atoms with Crippen molar-refractivity contribution in [2.24, 2.45) is 4.99 Å². The molecular formula is C22H29IN4O2. The van der Waals surface area contributed by atoms with E-state index in [0.717, 1.165) is 29.6 Å². The van der Waals surface area contributed by atoms with Gasteiger partial charge >= 0.3 is 0 Å². The van der Waals surface area contributed by atoms with Crippen molar-refractivity contribution in [1.29, 1.82) is 0 Å². The summed E-state index contributed by atoms with van der Waals surface area (Å²) in [5, 5.41) is 10.9. The second-order valence-corrected chi connectivity index (χ2v) is 7.07. The van der Waals surface area contributed by atoms with Crippen molar-refractivity contribution < 1.29 is 8.94 Å². The molecule has 0 saturated carbocycles. The summed E-state index contributed by atoms with van der Waals surface area (Å²) in [7, 11) is 0. The number of hydrogen-bond acceptors (Lipinski definition) is 4. The van der Waals surface area contributed by atoms with E-state index < -0.39 is 0 Å².